The topological polar surface area (TPSA) is 82.0 Å². The number of aryl methyl sites for hydroxylation is 1. The Bertz CT molecular complexity index is 1190. The van der Waals surface area contributed by atoms with Crippen LogP contribution < -0.4 is 5.32 Å². The highest BCUT2D eigenvalue weighted by Crippen LogP contribution is 2.39. The summed E-state index contributed by atoms with van der Waals surface area (Å²) in [7, 11) is -1.68. The highest BCUT2D eigenvalue weighted by Gasteiger charge is 2.44. The number of rotatable bonds is 3. The second-order valence-corrected chi connectivity index (χ2v) is 10.1. The van der Waals surface area contributed by atoms with Crippen LogP contribution in [-0.2, 0) is 22.3 Å². The van der Waals surface area contributed by atoms with Crippen LogP contribution in [0.5, 0.6) is 0 Å². The van der Waals surface area contributed by atoms with Gasteiger partial charge in [-0.05, 0) is 55.2 Å². The standard InChI is InChI=1S/C25H26FN3O3S.C2H6/c1-15-7-12-19-21(13-15)33(32)28-24(27-19)22-23(30)18-5-3-2-4-6-20(18)29(25(22)31)14-16-8-10-17(26)11-9-16;1-2/h7-13,18,20,30H,2-6,14H2,1H3,(H,27,28);1-2H3. The Hall–Kier alpha value is -3.00. The molecule has 0 spiro atoms. The van der Waals surface area contributed by atoms with E-state index in [1.165, 1.54) is 12.1 Å². The minimum absolute atomic E-state index is 0.0288. The van der Waals surface area contributed by atoms with Crippen molar-refractivity contribution in [1.82, 2.24) is 4.90 Å². The summed E-state index contributed by atoms with van der Waals surface area (Å²) in [6.07, 6.45) is 4.55. The fourth-order valence-corrected chi connectivity index (χ4v) is 6.03. The average Bonchev–Trinajstić information content (AvgIpc) is 3.11. The molecule has 1 fully saturated rings. The van der Waals surface area contributed by atoms with E-state index in [0.29, 0.717) is 17.1 Å². The molecule has 3 atom stereocenters. The van der Waals surface area contributed by atoms with Gasteiger partial charge in [0, 0.05) is 18.5 Å². The van der Waals surface area contributed by atoms with E-state index >= 15 is 0 Å². The van der Waals surface area contributed by atoms with Crippen LogP contribution in [0.1, 0.15) is 57.1 Å². The second kappa shape index (κ2) is 10.7. The summed E-state index contributed by atoms with van der Waals surface area (Å²) in [5, 5.41) is 14.4. The molecule has 1 aliphatic carbocycles. The molecule has 186 valence electrons. The van der Waals surface area contributed by atoms with Gasteiger partial charge >= 0.3 is 0 Å². The van der Waals surface area contributed by atoms with E-state index in [2.05, 4.69) is 9.71 Å². The zero-order valence-corrected chi connectivity index (χ0v) is 21.2. The van der Waals surface area contributed by atoms with Crippen LogP contribution in [-0.4, -0.2) is 32.0 Å². The zero-order chi connectivity index (χ0) is 25.1. The number of hydrogen-bond donors (Lipinski definition) is 2. The Morgan fingerprint density at radius 2 is 1.83 bits per heavy atom. The molecule has 3 unspecified atom stereocenters. The number of amides is 1. The zero-order valence-electron chi connectivity index (χ0n) is 20.4. The van der Waals surface area contributed by atoms with E-state index in [1.807, 2.05) is 32.9 Å². The Balaban J connectivity index is 0.00000141. The van der Waals surface area contributed by atoms with Crippen molar-refractivity contribution in [2.75, 3.05) is 5.32 Å². The summed E-state index contributed by atoms with van der Waals surface area (Å²) >= 11 is 0. The summed E-state index contributed by atoms with van der Waals surface area (Å²) in [4.78, 5) is 16.1. The lowest BCUT2D eigenvalue weighted by Crippen LogP contribution is -2.51. The predicted molar refractivity (Wildman–Crippen MR) is 137 cm³/mol. The minimum atomic E-state index is -1.68. The van der Waals surface area contributed by atoms with E-state index in [4.69, 9.17) is 0 Å². The van der Waals surface area contributed by atoms with Gasteiger partial charge in [0.25, 0.3) is 5.91 Å². The van der Waals surface area contributed by atoms with E-state index < -0.39 is 11.0 Å². The summed E-state index contributed by atoms with van der Waals surface area (Å²) in [6.45, 7) is 6.22. The van der Waals surface area contributed by atoms with Gasteiger partial charge in [-0.1, -0.05) is 51.3 Å². The van der Waals surface area contributed by atoms with Gasteiger partial charge < -0.3 is 15.3 Å². The highest BCUT2D eigenvalue weighted by atomic mass is 32.2. The first-order valence-corrected chi connectivity index (χ1v) is 13.4. The number of hydrogen-bond acceptors (Lipinski definition) is 4. The molecule has 0 saturated heterocycles. The molecule has 0 aromatic heterocycles. The molecule has 8 heteroatoms. The molecular weight excluding hydrogens is 465 g/mol. The van der Waals surface area contributed by atoms with Crippen molar-refractivity contribution in [2.45, 2.75) is 70.4 Å². The predicted octanol–water partition coefficient (Wildman–Crippen LogP) is 5.81. The molecule has 0 bridgehead atoms. The fourth-order valence-electron chi connectivity index (χ4n) is 5.04. The first-order valence-electron chi connectivity index (χ1n) is 12.3. The van der Waals surface area contributed by atoms with Crippen LogP contribution in [0.3, 0.4) is 0 Å². The van der Waals surface area contributed by atoms with E-state index in [1.54, 1.807) is 23.1 Å². The van der Waals surface area contributed by atoms with Gasteiger partial charge in [-0.15, -0.1) is 0 Å². The maximum atomic E-state index is 13.8. The maximum Gasteiger partial charge on any atom is 0.261 e. The number of aliphatic hydroxyl groups is 1. The number of amidine groups is 1. The number of nitrogens with one attached hydrogen (secondary N) is 1. The molecule has 2 heterocycles. The van der Waals surface area contributed by atoms with E-state index in [0.717, 1.165) is 43.2 Å². The first kappa shape index (κ1) is 25.1. The monoisotopic (exact) mass is 497 g/mol. The second-order valence-electron chi connectivity index (χ2n) is 8.95. The molecule has 35 heavy (non-hydrogen) atoms. The largest absolute Gasteiger partial charge is 0.511 e. The van der Waals surface area contributed by atoms with Crippen LogP contribution >= 0.6 is 0 Å². The third-order valence-electron chi connectivity index (χ3n) is 6.72. The number of carbonyl (C=O) groups excluding carboxylic acids is 1. The lowest BCUT2D eigenvalue weighted by molar-refractivity contribution is -0.132. The lowest BCUT2D eigenvalue weighted by Gasteiger charge is -2.41. The Kier molecular flexibility index (Phi) is 7.69. The third-order valence-corrected chi connectivity index (χ3v) is 7.78. The van der Waals surface area contributed by atoms with Crippen molar-refractivity contribution in [3.05, 3.63) is 70.7 Å². The van der Waals surface area contributed by atoms with Crippen molar-refractivity contribution in [2.24, 2.45) is 10.3 Å². The first-order chi connectivity index (χ1) is 16.9. The molecule has 2 N–H and O–H groups in total. The number of halogens is 1. The van der Waals surface area contributed by atoms with Crippen LogP contribution in [0.2, 0.25) is 0 Å². The third kappa shape index (κ3) is 5.03. The number of anilines is 1. The van der Waals surface area contributed by atoms with Gasteiger partial charge in [-0.3, -0.25) is 4.79 Å². The minimum Gasteiger partial charge on any atom is -0.511 e. The molecule has 3 aliphatic rings. The van der Waals surface area contributed by atoms with Gasteiger partial charge in [0.2, 0.25) is 0 Å². The molecule has 6 nitrogen and oxygen atoms in total. The Morgan fingerprint density at radius 1 is 1.11 bits per heavy atom. The summed E-state index contributed by atoms with van der Waals surface area (Å²) in [5.74, 6) is -0.719. The van der Waals surface area contributed by atoms with Gasteiger partial charge in [0.1, 0.15) is 17.1 Å². The summed E-state index contributed by atoms with van der Waals surface area (Å²) in [5.41, 5.74) is 2.48. The van der Waals surface area contributed by atoms with E-state index in [-0.39, 0.29) is 40.9 Å². The number of fused-ring (bicyclic) bond motifs is 2. The Labute approximate surface area is 208 Å². The van der Waals surface area contributed by atoms with Gasteiger partial charge in [-0.2, -0.15) is 4.40 Å². The Morgan fingerprint density at radius 3 is 2.57 bits per heavy atom. The van der Waals surface area contributed by atoms with Crippen LogP contribution in [0, 0.1) is 18.7 Å². The average molecular weight is 498 g/mol. The van der Waals surface area contributed by atoms with Crippen LogP contribution in [0.4, 0.5) is 10.1 Å². The maximum absolute atomic E-state index is 13.8. The summed E-state index contributed by atoms with van der Waals surface area (Å²) < 4.78 is 30.6. The lowest BCUT2D eigenvalue weighted by atomic mass is 9.84. The van der Waals surface area contributed by atoms with Crippen molar-refractivity contribution in [3.8, 4) is 0 Å². The van der Waals surface area contributed by atoms with Crippen LogP contribution in [0.15, 0.2) is 63.1 Å². The van der Waals surface area contributed by atoms with E-state index in [9.17, 15) is 18.5 Å². The number of carbonyl (C=O) groups is 1. The number of nitrogens with zero attached hydrogens (tertiary/aromatic N) is 2. The molecule has 1 amide bonds. The molecule has 1 saturated carbocycles. The van der Waals surface area contributed by atoms with Crippen molar-refractivity contribution in [1.29, 1.82) is 0 Å². The molecule has 2 aliphatic heterocycles. The van der Waals surface area contributed by atoms with Crippen molar-refractivity contribution < 1.29 is 18.5 Å². The van der Waals surface area contributed by atoms with Crippen molar-refractivity contribution >= 4 is 28.4 Å². The smallest absolute Gasteiger partial charge is 0.261 e. The fraction of sp³-hybridized carbons (Fsp3) is 0.407. The highest BCUT2D eigenvalue weighted by molar-refractivity contribution is 7.84. The normalized spacial score (nSPS) is 23.8. The molecule has 2 aromatic carbocycles. The van der Waals surface area contributed by atoms with Crippen molar-refractivity contribution in [3.63, 3.8) is 0 Å². The SMILES string of the molecule is CC.Cc1ccc2c(c1)S(=O)N=C(C1=C(O)C3CCCCCC3N(Cc3ccc(F)cc3)C1=O)N2. The molecular formula is C27H32FN3O3S. The molecule has 2 aromatic rings. The molecule has 0 radical (unpaired) electrons. The number of benzene rings is 2. The van der Waals surface area contributed by atoms with Crippen LogP contribution in [0.25, 0.3) is 0 Å². The molecule has 5 rings (SSSR count). The van der Waals surface area contributed by atoms with Gasteiger partial charge in [0.15, 0.2) is 16.8 Å². The number of aliphatic hydroxyl groups excluding tert-OH is 1. The van der Waals surface area contributed by atoms with Gasteiger partial charge in [0.05, 0.1) is 10.6 Å². The summed E-state index contributed by atoms with van der Waals surface area (Å²) in [6, 6.07) is 11.5. The van der Waals surface area contributed by atoms with Gasteiger partial charge in [-0.25, -0.2) is 8.60 Å². The quantitative estimate of drug-likeness (QED) is 0.561.